The zero-order chi connectivity index (χ0) is 21.7. The predicted molar refractivity (Wildman–Crippen MR) is 111 cm³/mol. The van der Waals surface area contributed by atoms with Gasteiger partial charge >= 0.3 is 0 Å². The molecule has 0 spiro atoms. The lowest BCUT2D eigenvalue weighted by Crippen LogP contribution is -2.30. The molecular formula is C21H20N4O5. The molecule has 2 aromatic carbocycles. The van der Waals surface area contributed by atoms with Gasteiger partial charge in [0.2, 0.25) is 5.91 Å². The molecule has 0 aliphatic rings. The molecule has 0 radical (unpaired) electrons. The Morgan fingerprint density at radius 2 is 1.83 bits per heavy atom. The summed E-state index contributed by atoms with van der Waals surface area (Å²) in [6.07, 6.45) is 0. The molecule has 2 amide bonds. The Balaban J connectivity index is 1.89. The average Bonchev–Trinajstić information content (AvgIpc) is 2.75. The molecule has 9 heteroatoms. The van der Waals surface area contributed by atoms with Crippen LogP contribution in [0.5, 0.6) is 11.5 Å². The fourth-order valence-electron chi connectivity index (χ4n) is 2.85. The predicted octanol–water partition coefficient (Wildman–Crippen LogP) is 1.67. The monoisotopic (exact) mass is 408 g/mol. The van der Waals surface area contributed by atoms with E-state index in [2.05, 4.69) is 10.4 Å². The normalized spacial score (nSPS) is 10.3. The van der Waals surface area contributed by atoms with E-state index in [1.54, 1.807) is 36.4 Å². The first-order chi connectivity index (χ1) is 14.4. The van der Waals surface area contributed by atoms with E-state index in [1.165, 1.54) is 32.4 Å². The number of benzene rings is 2. The second-order valence-corrected chi connectivity index (χ2v) is 6.24. The van der Waals surface area contributed by atoms with Gasteiger partial charge in [-0.3, -0.25) is 14.4 Å². The molecule has 0 aliphatic heterocycles. The summed E-state index contributed by atoms with van der Waals surface area (Å²) in [6.45, 7) is -0.355. The van der Waals surface area contributed by atoms with E-state index in [-0.39, 0.29) is 17.8 Å². The molecule has 3 rings (SSSR count). The zero-order valence-electron chi connectivity index (χ0n) is 16.4. The summed E-state index contributed by atoms with van der Waals surface area (Å²) in [5.74, 6) is -0.0825. The number of nitrogens with zero attached hydrogens (tertiary/aromatic N) is 2. The van der Waals surface area contributed by atoms with Gasteiger partial charge in [-0.25, -0.2) is 4.68 Å². The molecule has 0 saturated heterocycles. The number of hydrogen-bond acceptors (Lipinski definition) is 6. The molecule has 9 nitrogen and oxygen atoms in total. The molecule has 154 valence electrons. The van der Waals surface area contributed by atoms with Crippen LogP contribution in [-0.4, -0.2) is 35.8 Å². The third-order valence-corrected chi connectivity index (χ3v) is 4.31. The third-order valence-electron chi connectivity index (χ3n) is 4.31. The smallest absolute Gasteiger partial charge is 0.267 e. The van der Waals surface area contributed by atoms with Crippen molar-refractivity contribution in [2.45, 2.75) is 6.54 Å². The molecule has 0 fully saturated rings. The van der Waals surface area contributed by atoms with Crippen molar-refractivity contribution in [1.82, 2.24) is 9.78 Å². The summed E-state index contributed by atoms with van der Waals surface area (Å²) in [5.41, 5.74) is 6.32. The van der Waals surface area contributed by atoms with E-state index in [0.29, 0.717) is 22.8 Å². The average molecular weight is 408 g/mol. The van der Waals surface area contributed by atoms with Crippen molar-refractivity contribution in [3.8, 4) is 22.8 Å². The Hall–Kier alpha value is -4.14. The molecule has 0 bridgehead atoms. The van der Waals surface area contributed by atoms with Gasteiger partial charge in [-0.15, -0.1) is 0 Å². The number of para-hydroxylation sites is 1. The van der Waals surface area contributed by atoms with Crippen LogP contribution in [0, 0.1) is 0 Å². The van der Waals surface area contributed by atoms with Crippen molar-refractivity contribution in [3.05, 3.63) is 70.5 Å². The van der Waals surface area contributed by atoms with Crippen LogP contribution >= 0.6 is 0 Å². The van der Waals surface area contributed by atoms with Gasteiger partial charge in [0.15, 0.2) is 0 Å². The van der Waals surface area contributed by atoms with Crippen molar-refractivity contribution in [2.24, 2.45) is 5.73 Å². The first-order valence-electron chi connectivity index (χ1n) is 8.92. The molecule has 0 atom stereocenters. The molecule has 1 aromatic heterocycles. The van der Waals surface area contributed by atoms with Crippen LogP contribution < -0.4 is 26.1 Å². The number of aromatic nitrogens is 2. The van der Waals surface area contributed by atoms with Crippen molar-refractivity contribution in [2.75, 3.05) is 19.5 Å². The number of primary amides is 1. The minimum absolute atomic E-state index is 0.168. The maximum atomic E-state index is 12.5. The van der Waals surface area contributed by atoms with Gasteiger partial charge in [0.05, 0.1) is 31.2 Å². The summed E-state index contributed by atoms with van der Waals surface area (Å²) < 4.78 is 11.6. The highest BCUT2D eigenvalue weighted by molar-refractivity contribution is 6.02. The number of anilines is 1. The fraction of sp³-hybridized carbons (Fsp3) is 0.143. The van der Waals surface area contributed by atoms with Gasteiger partial charge in [-0.05, 0) is 36.4 Å². The topological polar surface area (TPSA) is 126 Å². The van der Waals surface area contributed by atoms with Gasteiger partial charge in [0, 0.05) is 11.6 Å². The molecule has 0 unspecified atom stereocenters. The lowest BCUT2D eigenvalue weighted by atomic mass is 10.1. The molecule has 0 aliphatic carbocycles. The van der Waals surface area contributed by atoms with Gasteiger partial charge in [0.25, 0.3) is 11.5 Å². The van der Waals surface area contributed by atoms with E-state index in [9.17, 15) is 14.4 Å². The van der Waals surface area contributed by atoms with E-state index in [0.717, 1.165) is 4.68 Å². The van der Waals surface area contributed by atoms with Gasteiger partial charge in [-0.2, -0.15) is 5.10 Å². The van der Waals surface area contributed by atoms with Gasteiger partial charge < -0.3 is 20.5 Å². The number of hydrogen-bond donors (Lipinski definition) is 2. The summed E-state index contributed by atoms with van der Waals surface area (Å²) in [4.78, 5) is 36.2. The van der Waals surface area contributed by atoms with Crippen LogP contribution in [0.2, 0.25) is 0 Å². The van der Waals surface area contributed by atoms with E-state index in [1.807, 2.05) is 0 Å². The van der Waals surface area contributed by atoms with Crippen molar-refractivity contribution >= 4 is 17.5 Å². The number of rotatable bonds is 7. The summed E-state index contributed by atoms with van der Waals surface area (Å²) >= 11 is 0. The van der Waals surface area contributed by atoms with Gasteiger partial charge in [0.1, 0.15) is 18.0 Å². The molecule has 30 heavy (non-hydrogen) atoms. The largest absolute Gasteiger partial charge is 0.497 e. The minimum Gasteiger partial charge on any atom is -0.497 e. The van der Waals surface area contributed by atoms with Crippen molar-refractivity contribution in [3.63, 3.8) is 0 Å². The highest BCUT2D eigenvalue weighted by Gasteiger charge is 2.14. The Bertz CT molecular complexity index is 1160. The summed E-state index contributed by atoms with van der Waals surface area (Å²) in [7, 11) is 3.05. The zero-order valence-corrected chi connectivity index (χ0v) is 16.4. The third kappa shape index (κ3) is 4.46. The standard InChI is InChI=1S/C21H20N4O5/c1-29-13-7-9-18(30-2)15(11-13)17-8-10-20(27)25(24-17)12-19(26)23-16-6-4-3-5-14(16)21(22)28/h3-11H,12H2,1-2H3,(H2,22,28)(H,23,26). The molecule has 3 N–H and O–H groups in total. The molecule has 1 heterocycles. The molecule has 0 saturated carbocycles. The Morgan fingerprint density at radius 1 is 1.07 bits per heavy atom. The van der Waals surface area contributed by atoms with Crippen LogP contribution in [0.4, 0.5) is 5.69 Å². The second-order valence-electron chi connectivity index (χ2n) is 6.24. The van der Waals surface area contributed by atoms with Gasteiger partial charge in [-0.1, -0.05) is 12.1 Å². The number of carbonyl (C=O) groups excluding carboxylic acids is 2. The van der Waals surface area contributed by atoms with Crippen LogP contribution in [0.3, 0.4) is 0 Å². The number of methoxy groups -OCH3 is 2. The number of amides is 2. The van der Waals surface area contributed by atoms with Crippen molar-refractivity contribution < 1.29 is 19.1 Å². The van der Waals surface area contributed by atoms with Crippen LogP contribution in [0.1, 0.15) is 10.4 Å². The highest BCUT2D eigenvalue weighted by Crippen LogP contribution is 2.31. The first kappa shape index (κ1) is 20.6. The SMILES string of the molecule is COc1ccc(OC)c(-c2ccc(=O)n(CC(=O)Nc3ccccc3C(N)=O)n2)c1. The summed E-state index contributed by atoms with van der Waals surface area (Å²) in [6, 6.07) is 14.4. The Labute approximate surface area is 172 Å². The number of nitrogens with two attached hydrogens (primary N) is 1. The number of nitrogens with one attached hydrogen (secondary N) is 1. The minimum atomic E-state index is -0.673. The number of carbonyl (C=O) groups is 2. The Kier molecular flexibility index (Phi) is 6.11. The summed E-state index contributed by atoms with van der Waals surface area (Å²) in [5, 5.41) is 6.87. The lowest BCUT2D eigenvalue weighted by molar-refractivity contribution is -0.117. The van der Waals surface area contributed by atoms with Crippen LogP contribution in [0.25, 0.3) is 11.3 Å². The van der Waals surface area contributed by atoms with E-state index < -0.39 is 17.4 Å². The first-order valence-corrected chi connectivity index (χ1v) is 8.92. The van der Waals surface area contributed by atoms with E-state index in [4.69, 9.17) is 15.2 Å². The fourth-order valence-corrected chi connectivity index (χ4v) is 2.85. The molecular weight excluding hydrogens is 388 g/mol. The Morgan fingerprint density at radius 3 is 2.53 bits per heavy atom. The molecule has 3 aromatic rings. The van der Waals surface area contributed by atoms with E-state index >= 15 is 0 Å². The maximum absolute atomic E-state index is 12.5. The van der Waals surface area contributed by atoms with Crippen LogP contribution in [-0.2, 0) is 11.3 Å². The highest BCUT2D eigenvalue weighted by atomic mass is 16.5. The second kappa shape index (κ2) is 8.91. The van der Waals surface area contributed by atoms with Crippen molar-refractivity contribution in [1.29, 1.82) is 0 Å². The lowest BCUT2D eigenvalue weighted by Gasteiger charge is -2.12. The quantitative estimate of drug-likeness (QED) is 0.612. The van der Waals surface area contributed by atoms with Crippen LogP contribution in [0.15, 0.2) is 59.4 Å². The maximum Gasteiger partial charge on any atom is 0.267 e. The number of ether oxygens (including phenoxy) is 2.